The van der Waals surface area contributed by atoms with Gasteiger partial charge in [0.05, 0.1) is 6.61 Å². The maximum absolute atomic E-state index is 12.2. The van der Waals surface area contributed by atoms with Gasteiger partial charge in [0.25, 0.3) is 5.91 Å². The molecule has 1 aliphatic heterocycles. The summed E-state index contributed by atoms with van der Waals surface area (Å²) in [6.07, 6.45) is 3.01. The molecule has 1 unspecified atom stereocenters. The minimum atomic E-state index is -0.318. The molecule has 2 rings (SSSR count). The van der Waals surface area contributed by atoms with E-state index < -0.39 is 0 Å². The van der Waals surface area contributed by atoms with Gasteiger partial charge in [-0.05, 0) is 30.1 Å². The van der Waals surface area contributed by atoms with Crippen LogP contribution < -0.4 is 10.6 Å². The Balaban J connectivity index is 1.92. The minimum absolute atomic E-state index is 0.0469. The lowest BCUT2D eigenvalue weighted by atomic mass is 9.63. The molecule has 1 amide bonds. The molecule has 1 aliphatic carbocycles. The Labute approximate surface area is 116 Å². The third-order valence-electron chi connectivity index (χ3n) is 4.12. The van der Waals surface area contributed by atoms with Gasteiger partial charge in [-0.3, -0.25) is 4.79 Å². The van der Waals surface area contributed by atoms with Crippen molar-refractivity contribution in [3.63, 3.8) is 0 Å². The van der Waals surface area contributed by atoms with Crippen LogP contribution in [0.2, 0.25) is 0 Å². The SMILES string of the molecule is CC1(C)CC(NC(=O)C2CNCCO2)CC(C)(C)C1. The maximum atomic E-state index is 12.2. The monoisotopic (exact) mass is 268 g/mol. The van der Waals surface area contributed by atoms with E-state index in [9.17, 15) is 4.79 Å². The van der Waals surface area contributed by atoms with Crippen LogP contribution in [0.3, 0.4) is 0 Å². The molecule has 0 spiro atoms. The zero-order chi connectivity index (χ0) is 14.1. The summed E-state index contributed by atoms with van der Waals surface area (Å²) in [6.45, 7) is 11.3. The van der Waals surface area contributed by atoms with Gasteiger partial charge in [0, 0.05) is 19.1 Å². The van der Waals surface area contributed by atoms with E-state index in [-0.39, 0.29) is 18.1 Å². The van der Waals surface area contributed by atoms with E-state index in [1.807, 2.05) is 0 Å². The van der Waals surface area contributed by atoms with Crippen molar-refractivity contribution in [2.45, 2.75) is 59.1 Å². The van der Waals surface area contributed by atoms with Crippen molar-refractivity contribution in [1.29, 1.82) is 0 Å². The molecule has 1 heterocycles. The van der Waals surface area contributed by atoms with Gasteiger partial charge in [-0.2, -0.15) is 0 Å². The van der Waals surface area contributed by atoms with Crippen LogP contribution in [0.5, 0.6) is 0 Å². The van der Waals surface area contributed by atoms with Crippen LogP contribution in [0, 0.1) is 10.8 Å². The highest BCUT2D eigenvalue weighted by Crippen LogP contribution is 2.45. The minimum Gasteiger partial charge on any atom is -0.366 e. The molecule has 4 nitrogen and oxygen atoms in total. The molecule has 1 saturated carbocycles. The molecule has 1 saturated heterocycles. The molecule has 0 radical (unpaired) electrons. The summed E-state index contributed by atoms with van der Waals surface area (Å²) in [5, 5.41) is 6.40. The van der Waals surface area contributed by atoms with E-state index in [1.165, 1.54) is 6.42 Å². The summed E-state index contributed by atoms with van der Waals surface area (Å²) in [5.41, 5.74) is 0.594. The third kappa shape index (κ3) is 4.18. The van der Waals surface area contributed by atoms with Gasteiger partial charge in [0.2, 0.25) is 0 Å². The predicted octanol–water partition coefficient (Wildman–Crippen LogP) is 1.70. The number of carbonyl (C=O) groups is 1. The van der Waals surface area contributed by atoms with Gasteiger partial charge in [0.15, 0.2) is 0 Å². The zero-order valence-electron chi connectivity index (χ0n) is 12.7. The summed E-state index contributed by atoms with van der Waals surface area (Å²) in [7, 11) is 0. The van der Waals surface area contributed by atoms with Crippen molar-refractivity contribution >= 4 is 5.91 Å². The van der Waals surface area contributed by atoms with Crippen LogP contribution >= 0.6 is 0 Å². The van der Waals surface area contributed by atoms with Gasteiger partial charge in [-0.15, -0.1) is 0 Å². The second-order valence-electron chi connectivity index (χ2n) is 7.68. The highest BCUT2D eigenvalue weighted by Gasteiger charge is 2.39. The molecule has 19 heavy (non-hydrogen) atoms. The molecule has 2 fully saturated rings. The van der Waals surface area contributed by atoms with Crippen molar-refractivity contribution in [2.24, 2.45) is 10.8 Å². The van der Waals surface area contributed by atoms with Gasteiger partial charge < -0.3 is 15.4 Å². The van der Waals surface area contributed by atoms with Crippen molar-refractivity contribution < 1.29 is 9.53 Å². The van der Waals surface area contributed by atoms with Crippen LogP contribution in [0.4, 0.5) is 0 Å². The molecule has 0 aromatic heterocycles. The van der Waals surface area contributed by atoms with E-state index in [2.05, 4.69) is 38.3 Å². The summed E-state index contributed by atoms with van der Waals surface area (Å²) < 4.78 is 5.51. The topological polar surface area (TPSA) is 50.4 Å². The number of carbonyl (C=O) groups excluding carboxylic acids is 1. The Morgan fingerprint density at radius 3 is 2.37 bits per heavy atom. The van der Waals surface area contributed by atoms with E-state index >= 15 is 0 Å². The lowest BCUT2D eigenvalue weighted by molar-refractivity contribution is -0.135. The lowest BCUT2D eigenvalue weighted by Gasteiger charge is -2.45. The number of morpholine rings is 1. The van der Waals surface area contributed by atoms with Crippen molar-refractivity contribution in [3.8, 4) is 0 Å². The molecule has 0 aromatic carbocycles. The van der Waals surface area contributed by atoms with Crippen molar-refractivity contribution in [2.75, 3.05) is 19.7 Å². The summed E-state index contributed by atoms with van der Waals surface area (Å²) in [4.78, 5) is 12.2. The molecular weight excluding hydrogens is 240 g/mol. The van der Waals surface area contributed by atoms with Gasteiger partial charge in [0.1, 0.15) is 6.10 Å². The standard InChI is InChI=1S/C15H28N2O2/c1-14(2)7-11(8-15(3,4)10-14)17-13(18)12-9-16-5-6-19-12/h11-12,16H,5-10H2,1-4H3,(H,17,18). The Morgan fingerprint density at radius 2 is 1.84 bits per heavy atom. The first-order valence-corrected chi connectivity index (χ1v) is 7.40. The van der Waals surface area contributed by atoms with Crippen LogP contribution in [-0.4, -0.2) is 37.7 Å². The number of hydrogen-bond donors (Lipinski definition) is 2. The Kier molecular flexibility index (Phi) is 4.21. The van der Waals surface area contributed by atoms with Crippen molar-refractivity contribution in [3.05, 3.63) is 0 Å². The largest absolute Gasteiger partial charge is 0.366 e. The normalized spacial score (nSPS) is 30.8. The van der Waals surface area contributed by atoms with Gasteiger partial charge >= 0.3 is 0 Å². The van der Waals surface area contributed by atoms with E-state index in [4.69, 9.17) is 4.74 Å². The number of hydrogen-bond acceptors (Lipinski definition) is 3. The fourth-order valence-electron chi connectivity index (χ4n) is 3.98. The molecule has 2 aliphatic rings. The lowest BCUT2D eigenvalue weighted by Crippen LogP contribution is -2.53. The van der Waals surface area contributed by atoms with Crippen LogP contribution in [0.1, 0.15) is 47.0 Å². The first kappa shape index (κ1) is 14.8. The number of rotatable bonds is 2. The van der Waals surface area contributed by atoms with Gasteiger partial charge in [-0.25, -0.2) is 0 Å². The molecule has 2 N–H and O–H groups in total. The third-order valence-corrected chi connectivity index (χ3v) is 4.12. The second-order valence-corrected chi connectivity index (χ2v) is 7.68. The summed E-state index contributed by atoms with van der Waals surface area (Å²) in [6, 6.07) is 0.275. The first-order valence-electron chi connectivity index (χ1n) is 7.40. The maximum Gasteiger partial charge on any atom is 0.250 e. The molecule has 1 atom stereocenters. The molecule has 4 heteroatoms. The van der Waals surface area contributed by atoms with Crippen LogP contribution in [0.15, 0.2) is 0 Å². The van der Waals surface area contributed by atoms with Crippen LogP contribution in [-0.2, 0) is 9.53 Å². The number of nitrogens with one attached hydrogen (secondary N) is 2. The van der Waals surface area contributed by atoms with Crippen molar-refractivity contribution in [1.82, 2.24) is 10.6 Å². The Hall–Kier alpha value is -0.610. The van der Waals surface area contributed by atoms with Gasteiger partial charge in [-0.1, -0.05) is 27.7 Å². The fourth-order valence-corrected chi connectivity index (χ4v) is 3.98. The zero-order valence-corrected chi connectivity index (χ0v) is 12.7. The molecular formula is C15H28N2O2. The Morgan fingerprint density at radius 1 is 1.21 bits per heavy atom. The second kappa shape index (κ2) is 5.41. The average molecular weight is 268 g/mol. The van der Waals surface area contributed by atoms with E-state index in [1.54, 1.807) is 0 Å². The highest BCUT2D eigenvalue weighted by molar-refractivity contribution is 5.81. The van der Waals surface area contributed by atoms with Crippen LogP contribution in [0.25, 0.3) is 0 Å². The predicted molar refractivity (Wildman–Crippen MR) is 76.0 cm³/mol. The van der Waals surface area contributed by atoms with E-state index in [0.29, 0.717) is 24.0 Å². The molecule has 0 aromatic rings. The molecule has 0 bridgehead atoms. The summed E-state index contributed by atoms with van der Waals surface area (Å²) in [5.74, 6) is 0.0469. The smallest absolute Gasteiger partial charge is 0.250 e. The highest BCUT2D eigenvalue weighted by atomic mass is 16.5. The first-order chi connectivity index (χ1) is 8.77. The van der Waals surface area contributed by atoms with E-state index in [0.717, 1.165) is 19.4 Å². The fraction of sp³-hybridized carbons (Fsp3) is 0.933. The average Bonchev–Trinajstić information content (AvgIpc) is 2.25. The Bertz CT molecular complexity index is 317. The number of ether oxygens (including phenoxy) is 1. The molecule has 110 valence electrons. The number of amides is 1. The summed E-state index contributed by atoms with van der Waals surface area (Å²) >= 11 is 0. The quantitative estimate of drug-likeness (QED) is 0.801.